The Bertz CT molecular complexity index is 1170. The third-order valence-corrected chi connectivity index (χ3v) is 8.90. The number of nitrogens with zero attached hydrogens (tertiary/aromatic N) is 4. The zero-order valence-corrected chi connectivity index (χ0v) is 21.9. The smallest absolute Gasteiger partial charge is 0.317 e. The highest BCUT2D eigenvalue weighted by molar-refractivity contribution is 7.15. The van der Waals surface area contributed by atoms with Crippen LogP contribution in [-0.4, -0.2) is 91.3 Å². The summed E-state index contributed by atoms with van der Waals surface area (Å²) < 4.78 is 5.38. The number of nitrogens with one attached hydrogen (secondary N) is 1. The van der Waals surface area contributed by atoms with Gasteiger partial charge in [-0.2, -0.15) is 0 Å². The van der Waals surface area contributed by atoms with Crippen LogP contribution < -0.4 is 5.32 Å². The van der Waals surface area contributed by atoms with Crippen LogP contribution in [0.15, 0.2) is 42.1 Å². The SMILES string of the molecule is CN1CCN(Cc2ccc(-c3cnc4c(c3)C(C3=CCN(C(=O)NC5CCOC5)CC3)=CC4)s2)CC1. The maximum atomic E-state index is 12.6. The number of piperazine rings is 1. The highest BCUT2D eigenvalue weighted by Crippen LogP contribution is 2.38. The summed E-state index contributed by atoms with van der Waals surface area (Å²) in [6.45, 7) is 8.37. The molecule has 190 valence electrons. The molecule has 5 heterocycles. The summed E-state index contributed by atoms with van der Waals surface area (Å²) >= 11 is 1.89. The number of rotatable bonds is 5. The van der Waals surface area contributed by atoms with Crippen molar-refractivity contribution in [3.05, 3.63) is 58.3 Å². The number of allylic oxidation sites excluding steroid dienone is 2. The molecule has 2 amide bonds. The monoisotopic (exact) mass is 505 g/mol. The summed E-state index contributed by atoms with van der Waals surface area (Å²) in [6, 6.07) is 7.03. The van der Waals surface area contributed by atoms with Gasteiger partial charge in [0.2, 0.25) is 0 Å². The standard InChI is InChI=1S/C28H35N5O2S/c1-31-11-13-32(14-12-31)18-23-2-5-27(36-23)21-16-25-24(3-4-26(25)29-17-21)20-6-9-33(10-7-20)28(34)30-22-8-15-35-19-22/h2-3,5-6,16-17,22H,4,7-15,18-19H2,1H3,(H,30,34). The van der Waals surface area contributed by atoms with E-state index in [0.29, 0.717) is 13.2 Å². The quantitative estimate of drug-likeness (QED) is 0.673. The molecule has 4 aliphatic rings. The average Bonchev–Trinajstić information content (AvgIpc) is 3.67. The van der Waals surface area contributed by atoms with Gasteiger partial charge in [0.25, 0.3) is 0 Å². The number of carbonyl (C=O) groups is 1. The van der Waals surface area contributed by atoms with E-state index < -0.39 is 0 Å². The maximum absolute atomic E-state index is 12.6. The Hall–Kier alpha value is -2.52. The Morgan fingerprint density at radius 2 is 2.08 bits per heavy atom. The average molecular weight is 506 g/mol. The van der Waals surface area contributed by atoms with Gasteiger partial charge in [-0.25, -0.2) is 4.79 Å². The van der Waals surface area contributed by atoms with Crippen LogP contribution in [0.4, 0.5) is 4.79 Å². The van der Waals surface area contributed by atoms with Crippen molar-refractivity contribution >= 4 is 22.9 Å². The van der Waals surface area contributed by atoms with Gasteiger partial charge in [-0.3, -0.25) is 9.88 Å². The van der Waals surface area contributed by atoms with E-state index in [2.05, 4.69) is 52.5 Å². The largest absolute Gasteiger partial charge is 0.379 e. The molecule has 2 aromatic rings. The van der Waals surface area contributed by atoms with Crippen LogP contribution in [-0.2, 0) is 17.7 Å². The van der Waals surface area contributed by atoms with E-state index in [4.69, 9.17) is 9.72 Å². The number of likely N-dealkylation sites (N-methyl/N-ethyl adjacent to an activating group) is 1. The van der Waals surface area contributed by atoms with E-state index in [0.717, 1.165) is 70.8 Å². The molecule has 8 heteroatoms. The van der Waals surface area contributed by atoms with Gasteiger partial charge in [0, 0.05) is 85.9 Å². The van der Waals surface area contributed by atoms with Crippen LogP contribution in [0.5, 0.6) is 0 Å². The first-order valence-corrected chi connectivity index (χ1v) is 14.0. The van der Waals surface area contributed by atoms with Crippen molar-refractivity contribution in [2.75, 3.05) is 59.5 Å². The molecular weight excluding hydrogens is 470 g/mol. The predicted octanol–water partition coefficient (Wildman–Crippen LogP) is 3.63. The molecule has 1 aliphatic carbocycles. The number of hydrogen-bond donors (Lipinski definition) is 1. The Balaban J connectivity index is 1.12. The fourth-order valence-corrected chi connectivity index (χ4v) is 6.52. The first-order chi connectivity index (χ1) is 17.6. The van der Waals surface area contributed by atoms with Gasteiger partial charge in [-0.1, -0.05) is 12.2 Å². The van der Waals surface area contributed by atoms with Crippen molar-refractivity contribution in [3.63, 3.8) is 0 Å². The molecule has 1 unspecified atom stereocenters. The lowest BCUT2D eigenvalue weighted by Crippen LogP contribution is -2.46. The fourth-order valence-electron chi connectivity index (χ4n) is 5.49. The van der Waals surface area contributed by atoms with Crippen molar-refractivity contribution < 1.29 is 9.53 Å². The number of fused-ring (bicyclic) bond motifs is 1. The molecule has 0 bridgehead atoms. The summed E-state index contributed by atoms with van der Waals surface area (Å²) in [5.41, 5.74) is 6.26. The third kappa shape index (κ3) is 5.13. The summed E-state index contributed by atoms with van der Waals surface area (Å²) in [6.07, 6.45) is 9.23. The normalized spacial score (nSPS) is 22.9. The zero-order chi connectivity index (χ0) is 24.5. The van der Waals surface area contributed by atoms with Gasteiger partial charge in [-0.05, 0) is 49.2 Å². The number of ether oxygens (including phenoxy) is 1. The Morgan fingerprint density at radius 3 is 2.86 bits per heavy atom. The van der Waals surface area contributed by atoms with Crippen molar-refractivity contribution in [2.45, 2.75) is 31.8 Å². The van der Waals surface area contributed by atoms with E-state index in [-0.39, 0.29) is 12.1 Å². The first kappa shape index (κ1) is 23.9. The number of aromatic nitrogens is 1. The third-order valence-electron chi connectivity index (χ3n) is 7.78. The van der Waals surface area contributed by atoms with E-state index in [9.17, 15) is 4.79 Å². The summed E-state index contributed by atoms with van der Waals surface area (Å²) in [5, 5.41) is 3.11. The Labute approximate surface area is 217 Å². The Kier molecular flexibility index (Phi) is 6.93. The van der Waals surface area contributed by atoms with Crippen molar-refractivity contribution in [3.8, 4) is 10.4 Å². The van der Waals surface area contributed by atoms with Gasteiger partial charge < -0.3 is 19.9 Å². The van der Waals surface area contributed by atoms with Gasteiger partial charge >= 0.3 is 6.03 Å². The molecule has 0 radical (unpaired) electrons. The molecule has 2 fully saturated rings. The van der Waals surface area contributed by atoms with E-state index in [1.54, 1.807) is 0 Å². The van der Waals surface area contributed by atoms with Gasteiger partial charge in [-0.15, -0.1) is 11.3 Å². The first-order valence-electron chi connectivity index (χ1n) is 13.1. The lowest BCUT2D eigenvalue weighted by atomic mass is 9.95. The lowest BCUT2D eigenvalue weighted by Gasteiger charge is -2.31. The summed E-state index contributed by atoms with van der Waals surface area (Å²) in [4.78, 5) is 27.0. The number of urea groups is 1. The number of hydrogen-bond acceptors (Lipinski definition) is 6. The molecule has 1 N–H and O–H groups in total. The number of pyridine rings is 1. The molecule has 3 aliphatic heterocycles. The second-order valence-corrected chi connectivity index (χ2v) is 11.5. The van der Waals surface area contributed by atoms with Crippen LogP contribution in [0.2, 0.25) is 0 Å². The molecule has 6 rings (SSSR count). The van der Waals surface area contributed by atoms with Gasteiger partial charge in [0.1, 0.15) is 0 Å². The topological polar surface area (TPSA) is 60.9 Å². The number of carbonyl (C=O) groups excluding carboxylic acids is 1. The molecule has 2 aromatic heterocycles. The molecule has 36 heavy (non-hydrogen) atoms. The second-order valence-electron chi connectivity index (χ2n) is 10.3. The molecular formula is C28H35N5O2S. The van der Waals surface area contributed by atoms with E-state index >= 15 is 0 Å². The zero-order valence-electron chi connectivity index (χ0n) is 21.0. The highest BCUT2D eigenvalue weighted by Gasteiger charge is 2.26. The lowest BCUT2D eigenvalue weighted by molar-refractivity contribution is 0.149. The highest BCUT2D eigenvalue weighted by atomic mass is 32.1. The van der Waals surface area contributed by atoms with Gasteiger partial charge in [0.15, 0.2) is 0 Å². The summed E-state index contributed by atoms with van der Waals surface area (Å²) in [7, 11) is 2.20. The van der Waals surface area contributed by atoms with Gasteiger partial charge in [0.05, 0.1) is 18.3 Å². The molecule has 0 spiro atoms. The molecule has 7 nitrogen and oxygen atoms in total. The van der Waals surface area contributed by atoms with Crippen LogP contribution >= 0.6 is 11.3 Å². The number of amides is 2. The minimum absolute atomic E-state index is 0.0237. The Morgan fingerprint density at radius 1 is 1.19 bits per heavy atom. The molecule has 0 aromatic carbocycles. The molecule has 1 atom stereocenters. The summed E-state index contributed by atoms with van der Waals surface area (Å²) in [5.74, 6) is 0. The van der Waals surface area contributed by atoms with Crippen LogP contribution in [0.25, 0.3) is 16.0 Å². The minimum atomic E-state index is 0.0237. The fraction of sp³-hybridized carbons (Fsp3) is 0.500. The van der Waals surface area contributed by atoms with E-state index in [1.807, 2.05) is 22.4 Å². The second kappa shape index (κ2) is 10.5. The van der Waals surface area contributed by atoms with Crippen LogP contribution in [0, 0.1) is 0 Å². The van der Waals surface area contributed by atoms with Crippen molar-refractivity contribution in [2.24, 2.45) is 0 Å². The van der Waals surface area contributed by atoms with Crippen LogP contribution in [0.3, 0.4) is 0 Å². The predicted molar refractivity (Wildman–Crippen MR) is 144 cm³/mol. The van der Waals surface area contributed by atoms with Crippen LogP contribution in [0.1, 0.15) is 29.0 Å². The number of thiophene rings is 1. The maximum Gasteiger partial charge on any atom is 0.317 e. The molecule has 0 saturated carbocycles. The van der Waals surface area contributed by atoms with E-state index in [1.165, 1.54) is 32.0 Å². The minimum Gasteiger partial charge on any atom is -0.379 e. The van der Waals surface area contributed by atoms with Crippen molar-refractivity contribution in [1.82, 2.24) is 25.0 Å². The molecule has 2 saturated heterocycles. The van der Waals surface area contributed by atoms with Crippen molar-refractivity contribution in [1.29, 1.82) is 0 Å².